The summed E-state index contributed by atoms with van der Waals surface area (Å²) in [5.74, 6) is -1.16. The van der Waals surface area contributed by atoms with Crippen LogP contribution in [0.4, 0.5) is 23.7 Å². The molecular formula is C28H34F3N5O4. The average molecular weight is 562 g/mol. The number of likely N-dealkylation sites (tertiary alicyclic amines) is 1. The first-order valence-corrected chi connectivity index (χ1v) is 13.3. The van der Waals surface area contributed by atoms with Crippen LogP contribution in [0.3, 0.4) is 0 Å². The van der Waals surface area contributed by atoms with Crippen LogP contribution in [-0.2, 0) is 16.6 Å². The predicted molar refractivity (Wildman–Crippen MR) is 143 cm³/mol. The number of carbonyl (C=O) groups excluding carboxylic acids is 3. The Bertz CT molecular complexity index is 1230. The highest BCUT2D eigenvalue weighted by Gasteiger charge is 2.39. The summed E-state index contributed by atoms with van der Waals surface area (Å²) in [6.45, 7) is 1.09. The number of rotatable bonds is 7. The molecule has 4 rings (SSSR count). The van der Waals surface area contributed by atoms with E-state index in [2.05, 4.69) is 26.2 Å². The fourth-order valence-electron chi connectivity index (χ4n) is 5.43. The molecule has 1 aliphatic heterocycles. The summed E-state index contributed by atoms with van der Waals surface area (Å²) in [4.78, 5) is 38.6. The van der Waals surface area contributed by atoms with Crippen molar-refractivity contribution >= 4 is 23.5 Å². The molecule has 0 spiro atoms. The molecule has 1 saturated carbocycles. The first-order chi connectivity index (χ1) is 19.0. The summed E-state index contributed by atoms with van der Waals surface area (Å²) in [7, 11) is 1.53. The van der Waals surface area contributed by atoms with E-state index in [1.54, 1.807) is 18.2 Å². The van der Waals surface area contributed by atoms with Crippen LogP contribution in [0.5, 0.6) is 0 Å². The number of nitrogens with zero attached hydrogens (tertiary/aromatic N) is 1. The molecule has 4 amide bonds. The summed E-state index contributed by atoms with van der Waals surface area (Å²) in [5.41, 5.74) is -0.706. The maximum atomic E-state index is 12.9. The number of nitrogens with one attached hydrogen (secondary N) is 4. The van der Waals surface area contributed by atoms with Crippen molar-refractivity contribution in [2.24, 2.45) is 0 Å². The molecule has 9 nitrogen and oxygen atoms in total. The van der Waals surface area contributed by atoms with E-state index >= 15 is 0 Å². The van der Waals surface area contributed by atoms with Gasteiger partial charge in [0.25, 0.3) is 5.91 Å². The smallest absolute Gasteiger partial charge is 0.385 e. The van der Waals surface area contributed by atoms with Crippen molar-refractivity contribution in [2.75, 3.05) is 32.0 Å². The summed E-state index contributed by atoms with van der Waals surface area (Å²) in [6.07, 6.45) is -1.14. The molecule has 1 atom stereocenters. The van der Waals surface area contributed by atoms with Crippen molar-refractivity contribution in [3.63, 3.8) is 0 Å². The Balaban J connectivity index is 1.22. The van der Waals surface area contributed by atoms with Gasteiger partial charge in [-0.3, -0.25) is 14.5 Å². The Morgan fingerprint density at radius 2 is 1.77 bits per heavy atom. The molecule has 2 aromatic carbocycles. The van der Waals surface area contributed by atoms with Crippen molar-refractivity contribution < 1.29 is 32.7 Å². The van der Waals surface area contributed by atoms with Gasteiger partial charge in [-0.2, -0.15) is 13.2 Å². The summed E-state index contributed by atoms with van der Waals surface area (Å²) in [6, 6.07) is 11.1. The molecule has 2 aliphatic rings. The number of hydrogen-bond acceptors (Lipinski definition) is 5. The number of amides is 4. The van der Waals surface area contributed by atoms with Gasteiger partial charge in [-0.05, 0) is 68.0 Å². The lowest BCUT2D eigenvalue weighted by Gasteiger charge is -2.40. The summed E-state index contributed by atoms with van der Waals surface area (Å²) in [5, 5.41) is 21.8. The standard InChI is InChI=1S/C28H34F3N5O4/c1-32-26(39)35-21-7-3-5-19(15-21)27(40)11-8-23(9-12-27)36-13-10-22(17-36)34-24(37)16-33-25(38)18-4-2-6-20(14-18)28(29,30)31/h2-7,14-15,22-23,40H,8-13,16-17H2,1H3,(H,33,38)(H,34,37)(H2,32,35,39)/t22-,23?,27?/m1/s1. The maximum absolute atomic E-state index is 12.9. The van der Waals surface area contributed by atoms with Gasteiger partial charge in [0.1, 0.15) is 0 Å². The highest BCUT2D eigenvalue weighted by molar-refractivity contribution is 5.96. The van der Waals surface area contributed by atoms with Crippen molar-refractivity contribution in [3.05, 3.63) is 65.2 Å². The van der Waals surface area contributed by atoms with E-state index in [1.807, 2.05) is 6.07 Å². The van der Waals surface area contributed by atoms with E-state index in [0.29, 0.717) is 25.1 Å². The van der Waals surface area contributed by atoms with Crippen LogP contribution in [-0.4, -0.2) is 66.6 Å². The van der Waals surface area contributed by atoms with Gasteiger partial charge < -0.3 is 26.4 Å². The van der Waals surface area contributed by atoms with Gasteiger partial charge in [-0.15, -0.1) is 0 Å². The van der Waals surface area contributed by atoms with Crippen LogP contribution in [0.2, 0.25) is 0 Å². The summed E-state index contributed by atoms with van der Waals surface area (Å²) < 4.78 is 38.7. The number of aliphatic hydroxyl groups is 1. The zero-order valence-electron chi connectivity index (χ0n) is 22.2. The maximum Gasteiger partial charge on any atom is 0.416 e. The molecule has 0 bridgehead atoms. The van der Waals surface area contributed by atoms with E-state index in [-0.39, 0.29) is 30.2 Å². The van der Waals surface area contributed by atoms with E-state index in [0.717, 1.165) is 49.6 Å². The quantitative estimate of drug-likeness (QED) is 0.355. The lowest BCUT2D eigenvalue weighted by Crippen LogP contribution is -2.45. The third kappa shape index (κ3) is 7.30. The minimum absolute atomic E-state index is 0.105. The zero-order chi connectivity index (χ0) is 28.9. The number of anilines is 1. The van der Waals surface area contributed by atoms with Gasteiger partial charge in [0.2, 0.25) is 5.91 Å². The van der Waals surface area contributed by atoms with Crippen LogP contribution in [0, 0.1) is 0 Å². The molecule has 40 heavy (non-hydrogen) atoms. The van der Waals surface area contributed by atoms with Crippen LogP contribution in [0.1, 0.15) is 53.6 Å². The van der Waals surface area contributed by atoms with Crippen LogP contribution in [0.25, 0.3) is 0 Å². The zero-order valence-corrected chi connectivity index (χ0v) is 22.2. The third-order valence-electron chi connectivity index (χ3n) is 7.63. The monoisotopic (exact) mass is 561 g/mol. The molecule has 2 aromatic rings. The molecule has 2 fully saturated rings. The highest BCUT2D eigenvalue weighted by Crippen LogP contribution is 2.40. The minimum atomic E-state index is -4.56. The summed E-state index contributed by atoms with van der Waals surface area (Å²) >= 11 is 0. The molecule has 1 aliphatic carbocycles. The number of halogens is 3. The molecule has 216 valence electrons. The molecular weight excluding hydrogens is 527 g/mol. The number of urea groups is 1. The molecule has 5 N–H and O–H groups in total. The van der Waals surface area contributed by atoms with Crippen LogP contribution >= 0.6 is 0 Å². The van der Waals surface area contributed by atoms with Gasteiger partial charge in [0.15, 0.2) is 0 Å². The Hall–Kier alpha value is -3.64. The van der Waals surface area contributed by atoms with Crippen LogP contribution in [0.15, 0.2) is 48.5 Å². The second-order valence-corrected chi connectivity index (χ2v) is 10.4. The van der Waals surface area contributed by atoms with E-state index in [9.17, 15) is 32.7 Å². The van der Waals surface area contributed by atoms with Crippen molar-refractivity contribution in [3.8, 4) is 0 Å². The number of alkyl halides is 3. The van der Waals surface area contributed by atoms with E-state index in [1.165, 1.54) is 13.1 Å². The molecule has 1 saturated heterocycles. The molecule has 0 aromatic heterocycles. The lowest BCUT2D eigenvalue weighted by molar-refractivity contribution is -0.137. The Morgan fingerprint density at radius 3 is 2.48 bits per heavy atom. The van der Waals surface area contributed by atoms with Gasteiger partial charge in [0.05, 0.1) is 17.7 Å². The average Bonchev–Trinajstić information content (AvgIpc) is 3.40. The van der Waals surface area contributed by atoms with Crippen molar-refractivity contribution in [1.82, 2.24) is 20.9 Å². The first-order valence-electron chi connectivity index (χ1n) is 13.3. The minimum Gasteiger partial charge on any atom is -0.385 e. The van der Waals surface area contributed by atoms with E-state index < -0.39 is 29.2 Å². The van der Waals surface area contributed by atoms with Gasteiger partial charge in [-0.25, -0.2) is 4.79 Å². The lowest BCUT2D eigenvalue weighted by atomic mass is 9.77. The number of hydrogen-bond donors (Lipinski definition) is 5. The van der Waals surface area contributed by atoms with E-state index in [4.69, 9.17) is 0 Å². The molecule has 0 radical (unpaired) electrons. The Morgan fingerprint density at radius 1 is 1.05 bits per heavy atom. The van der Waals surface area contributed by atoms with Crippen molar-refractivity contribution in [2.45, 2.75) is 56.0 Å². The second-order valence-electron chi connectivity index (χ2n) is 10.4. The first kappa shape index (κ1) is 29.3. The molecule has 1 heterocycles. The normalized spacial score (nSPS) is 23.3. The highest BCUT2D eigenvalue weighted by atomic mass is 19.4. The van der Waals surface area contributed by atoms with Gasteiger partial charge in [0, 0.05) is 43.5 Å². The Kier molecular flexibility index (Phi) is 8.99. The third-order valence-corrected chi connectivity index (χ3v) is 7.63. The topological polar surface area (TPSA) is 123 Å². The van der Waals surface area contributed by atoms with Gasteiger partial charge in [-0.1, -0.05) is 18.2 Å². The van der Waals surface area contributed by atoms with Crippen LogP contribution < -0.4 is 21.3 Å². The Labute approximate surface area is 230 Å². The van der Waals surface area contributed by atoms with Crippen molar-refractivity contribution in [1.29, 1.82) is 0 Å². The number of carbonyl (C=O) groups is 3. The fraction of sp³-hybridized carbons (Fsp3) is 0.464. The molecule has 0 unspecified atom stereocenters. The fourth-order valence-corrected chi connectivity index (χ4v) is 5.43. The predicted octanol–water partition coefficient (Wildman–Crippen LogP) is 3.21. The van der Waals surface area contributed by atoms with Gasteiger partial charge >= 0.3 is 12.2 Å². The largest absolute Gasteiger partial charge is 0.416 e. The molecule has 12 heteroatoms. The number of benzene rings is 2. The SMILES string of the molecule is CNC(=O)Nc1cccc(C2(O)CCC(N3CC[C@@H](NC(=O)CNC(=O)c4cccc(C(F)(F)F)c4)C3)CC2)c1. The second kappa shape index (κ2) is 12.3.